The van der Waals surface area contributed by atoms with Gasteiger partial charge in [0.05, 0.1) is 5.75 Å². The Bertz CT molecular complexity index is 936. The number of amides is 1. The molecule has 26 heavy (non-hydrogen) atoms. The molecule has 1 amide bonds. The SMILES string of the molecule is CCn1c(SCC(=O)NC2CCCCC2)nc2c1c(=O)n(C)c(=O)n2C. The van der Waals surface area contributed by atoms with Crippen LogP contribution in [0.3, 0.4) is 0 Å². The molecule has 1 N–H and O–H groups in total. The van der Waals surface area contributed by atoms with Gasteiger partial charge < -0.3 is 9.88 Å². The fraction of sp³-hybridized carbons (Fsp3) is 0.647. The van der Waals surface area contributed by atoms with Crippen molar-refractivity contribution in [1.29, 1.82) is 0 Å². The second-order valence-corrected chi connectivity index (χ2v) is 7.65. The van der Waals surface area contributed by atoms with Gasteiger partial charge in [0, 0.05) is 26.7 Å². The molecule has 142 valence electrons. The monoisotopic (exact) mass is 379 g/mol. The number of imidazole rings is 1. The number of nitrogens with zero attached hydrogens (tertiary/aromatic N) is 4. The number of carbonyl (C=O) groups is 1. The highest BCUT2D eigenvalue weighted by Crippen LogP contribution is 2.22. The summed E-state index contributed by atoms with van der Waals surface area (Å²) in [7, 11) is 3.06. The van der Waals surface area contributed by atoms with Crippen molar-refractivity contribution < 1.29 is 4.79 Å². The highest BCUT2D eigenvalue weighted by molar-refractivity contribution is 7.99. The van der Waals surface area contributed by atoms with Crippen LogP contribution in [-0.4, -0.2) is 36.4 Å². The minimum Gasteiger partial charge on any atom is -0.353 e. The third-order valence-corrected chi connectivity index (χ3v) is 5.91. The molecular weight excluding hydrogens is 354 g/mol. The molecule has 0 radical (unpaired) electrons. The van der Waals surface area contributed by atoms with Crippen LogP contribution in [0.2, 0.25) is 0 Å². The first-order valence-electron chi connectivity index (χ1n) is 9.02. The number of rotatable bonds is 5. The highest BCUT2D eigenvalue weighted by atomic mass is 32.2. The van der Waals surface area contributed by atoms with Gasteiger partial charge in [-0.15, -0.1) is 0 Å². The van der Waals surface area contributed by atoms with E-state index in [0.717, 1.165) is 17.4 Å². The molecule has 2 aromatic rings. The molecule has 2 heterocycles. The average Bonchev–Trinajstić information content (AvgIpc) is 3.02. The van der Waals surface area contributed by atoms with Crippen molar-refractivity contribution in [2.45, 2.75) is 56.8 Å². The van der Waals surface area contributed by atoms with Crippen LogP contribution >= 0.6 is 11.8 Å². The van der Waals surface area contributed by atoms with Crippen LogP contribution in [-0.2, 0) is 25.4 Å². The van der Waals surface area contributed by atoms with Gasteiger partial charge in [0.15, 0.2) is 16.3 Å². The maximum atomic E-state index is 12.5. The molecule has 0 aliphatic heterocycles. The molecule has 0 bridgehead atoms. The van der Waals surface area contributed by atoms with Gasteiger partial charge in [0.1, 0.15) is 0 Å². The first kappa shape index (κ1) is 18.8. The molecule has 8 nitrogen and oxygen atoms in total. The van der Waals surface area contributed by atoms with E-state index in [-0.39, 0.29) is 23.3 Å². The Labute approximate surface area is 155 Å². The molecule has 1 aliphatic carbocycles. The molecular formula is C17H25N5O3S. The Morgan fingerprint density at radius 1 is 1.19 bits per heavy atom. The van der Waals surface area contributed by atoms with Crippen LogP contribution in [0.1, 0.15) is 39.0 Å². The van der Waals surface area contributed by atoms with Crippen molar-refractivity contribution in [1.82, 2.24) is 24.0 Å². The van der Waals surface area contributed by atoms with Crippen LogP contribution in [0.15, 0.2) is 14.7 Å². The maximum absolute atomic E-state index is 12.5. The summed E-state index contributed by atoms with van der Waals surface area (Å²) in [6.45, 7) is 2.45. The van der Waals surface area contributed by atoms with E-state index in [0.29, 0.717) is 22.9 Å². The summed E-state index contributed by atoms with van der Waals surface area (Å²) in [5.74, 6) is 0.229. The van der Waals surface area contributed by atoms with Crippen molar-refractivity contribution in [3.8, 4) is 0 Å². The summed E-state index contributed by atoms with van der Waals surface area (Å²) in [6.07, 6.45) is 5.67. The summed E-state index contributed by atoms with van der Waals surface area (Å²) in [6, 6.07) is 0.273. The zero-order valence-electron chi connectivity index (χ0n) is 15.4. The topological polar surface area (TPSA) is 90.9 Å². The van der Waals surface area contributed by atoms with Gasteiger partial charge in [0.25, 0.3) is 5.56 Å². The van der Waals surface area contributed by atoms with Gasteiger partial charge in [-0.1, -0.05) is 31.0 Å². The van der Waals surface area contributed by atoms with Crippen molar-refractivity contribution in [3.63, 3.8) is 0 Å². The van der Waals surface area contributed by atoms with Crippen molar-refractivity contribution in [3.05, 3.63) is 20.8 Å². The Morgan fingerprint density at radius 2 is 1.88 bits per heavy atom. The molecule has 0 aromatic carbocycles. The van der Waals surface area contributed by atoms with E-state index >= 15 is 0 Å². The quantitative estimate of drug-likeness (QED) is 0.783. The van der Waals surface area contributed by atoms with Gasteiger partial charge in [-0.2, -0.15) is 0 Å². The van der Waals surface area contributed by atoms with Crippen LogP contribution in [0.25, 0.3) is 11.2 Å². The van der Waals surface area contributed by atoms with Gasteiger partial charge in [-0.05, 0) is 19.8 Å². The maximum Gasteiger partial charge on any atom is 0.332 e. The number of aromatic nitrogens is 4. The van der Waals surface area contributed by atoms with Crippen molar-refractivity contribution >= 4 is 28.8 Å². The number of hydrogen-bond donors (Lipinski definition) is 1. The Kier molecular flexibility index (Phi) is 5.55. The van der Waals surface area contributed by atoms with E-state index in [2.05, 4.69) is 10.3 Å². The molecule has 1 saturated carbocycles. The average molecular weight is 379 g/mol. The van der Waals surface area contributed by atoms with Gasteiger partial charge >= 0.3 is 5.69 Å². The van der Waals surface area contributed by atoms with Crippen LogP contribution in [0, 0.1) is 0 Å². The van der Waals surface area contributed by atoms with E-state index in [9.17, 15) is 14.4 Å². The van der Waals surface area contributed by atoms with Crippen molar-refractivity contribution in [2.24, 2.45) is 14.1 Å². The minimum atomic E-state index is -0.408. The Balaban J connectivity index is 1.83. The highest BCUT2D eigenvalue weighted by Gasteiger charge is 2.20. The zero-order chi connectivity index (χ0) is 18.8. The zero-order valence-corrected chi connectivity index (χ0v) is 16.3. The van der Waals surface area contributed by atoms with Gasteiger partial charge in [0.2, 0.25) is 5.91 Å². The van der Waals surface area contributed by atoms with E-state index < -0.39 is 5.69 Å². The number of aryl methyl sites for hydroxylation is 2. The van der Waals surface area contributed by atoms with E-state index in [4.69, 9.17) is 0 Å². The van der Waals surface area contributed by atoms with E-state index in [1.807, 2.05) is 6.92 Å². The summed E-state index contributed by atoms with van der Waals surface area (Å²) < 4.78 is 4.23. The molecule has 3 rings (SSSR count). The van der Waals surface area contributed by atoms with Crippen LogP contribution in [0.5, 0.6) is 0 Å². The Hall–Kier alpha value is -2.03. The van der Waals surface area contributed by atoms with Crippen LogP contribution < -0.4 is 16.6 Å². The predicted octanol–water partition coefficient (Wildman–Crippen LogP) is 0.995. The number of nitrogens with one attached hydrogen (secondary N) is 1. The summed E-state index contributed by atoms with van der Waals surface area (Å²) in [5.41, 5.74) is -0.0202. The molecule has 0 spiro atoms. The van der Waals surface area contributed by atoms with Crippen LogP contribution in [0.4, 0.5) is 0 Å². The lowest BCUT2D eigenvalue weighted by Crippen LogP contribution is -2.37. The third kappa shape index (κ3) is 3.44. The first-order chi connectivity index (χ1) is 12.4. The first-order valence-corrected chi connectivity index (χ1v) is 10.0. The summed E-state index contributed by atoms with van der Waals surface area (Å²) in [4.78, 5) is 41.3. The van der Waals surface area contributed by atoms with Crippen molar-refractivity contribution in [2.75, 3.05) is 5.75 Å². The normalized spacial score (nSPS) is 15.5. The standard InChI is InChI=1S/C17H25N5O3S/c1-4-22-13-14(20(2)17(25)21(3)15(13)24)19-16(22)26-10-12(23)18-11-8-6-5-7-9-11/h11H,4-10H2,1-3H3,(H,18,23). The lowest BCUT2D eigenvalue weighted by molar-refractivity contribution is -0.119. The van der Waals surface area contributed by atoms with Gasteiger partial charge in [-0.3, -0.25) is 18.7 Å². The second kappa shape index (κ2) is 7.69. The fourth-order valence-corrected chi connectivity index (χ4v) is 4.35. The molecule has 1 aliphatic rings. The second-order valence-electron chi connectivity index (χ2n) is 6.71. The Morgan fingerprint density at radius 3 is 2.54 bits per heavy atom. The van der Waals surface area contributed by atoms with Gasteiger partial charge in [-0.25, -0.2) is 9.78 Å². The molecule has 0 unspecified atom stereocenters. The predicted molar refractivity (Wildman–Crippen MR) is 102 cm³/mol. The molecule has 0 saturated heterocycles. The van der Waals surface area contributed by atoms with E-state index in [1.54, 1.807) is 11.6 Å². The smallest absolute Gasteiger partial charge is 0.332 e. The molecule has 1 fully saturated rings. The number of fused-ring (bicyclic) bond motifs is 1. The number of carbonyl (C=O) groups excluding carboxylic acids is 1. The lowest BCUT2D eigenvalue weighted by atomic mass is 9.95. The molecule has 9 heteroatoms. The van der Waals surface area contributed by atoms with E-state index in [1.165, 1.54) is 42.6 Å². The fourth-order valence-electron chi connectivity index (χ4n) is 3.48. The molecule has 2 aromatic heterocycles. The number of hydrogen-bond acceptors (Lipinski definition) is 5. The summed E-state index contributed by atoms with van der Waals surface area (Å²) in [5, 5.41) is 3.67. The summed E-state index contributed by atoms with van der Waals surface area (Å²) >= 11 is 1.30. The third-order valence-electron chi connectivity index (χ3n) is 4.93. The minimum absolute atomic E-state index is 0.0154. The number of thioether (sulfide) groups is 1. The molecule has 0 atom stereocenters. The lowest BCUT2D eigenvalue weighted by Gasteiger charge is -2.22. The largest absolute Gasteiger partial charge is 0.353 e.